The van der Waals surface area contributed by atoms with Crippen molar-refractivity contribution in [2.24, 2.45) is 5.92 Å². The highest BCUT2D eigenvalue weighted by molar-refractivity contribution is 4.95. The molecule has 1 saturated carbocycles. The second-order valence-corrected chi connectivity index (χ2v) is 5.32. The number of rotatable bonds is 4. The average Bonchev–Trinajstić information content (AvgIpc) is 3.09. The Labute approximate surface area is 107 Å². The van der Waals surface area contributed by atoms with Crippen LogP contribution in [-0.4, -0.2) is 29.9 Å². The third-order valence-electron chi connectivity index (χ3n) is 3.96. The summed E-state index contributed by atoms with van der Waals surface area (Å²) in [6.07, 6.45) is 7.64. The Bertz CT molecular complexity index is 368. The molecular formula is C13H21N3O2. The molecule has 0 bridgehead atoms. The molecule has 2 fully saturated rings. The summed E-state index contributed by atoms with van der Waals surface area (Å²) >= 11 is 0. The van der Waals surface area contributed by atoms with Gasteiger partial charge in [0.1, 0.15) is 0 Å². The van der Waals surface area contributed by atoms with Crippen molar-refractivity contribution in [2.75, 3.05) is 19.8 Å². The zero-order valence-corrected chi connectivity index (χ0v) is 10.7. The number of morpholine rings is 1. The molecule has 0 spiro atoms. The number of hydrogen-bond acceptors (Lipinski definition) is 5. The van der Waals surface area contributed by atoms with Crippen molar-refractivity contribution < 1.29 is 9.26 Å². The molecule has 0 radical (unpaired) electrons. The van der Waals surface area contributed by atoms with Crippen LogP contribution in [0.2, 0.25) is 0 Å². The Balaban J connectivity index is 1.52. The number of nitrogens with zero attached hydrogens (tertiary/aromatic N) is 2. The summed E-state index contributed by atoms with van der Waals surface area (Å²) in [7, 11) is 0. The van der Waals surface area contributed by atoms with Gasteiger partial charge in [-0.05, 0) is 12.3 Å². The van der Waals surface area contributed by atoms with Crippen LogP contribution in [0.5, 0.6) is 0 Å². The summed E-state index contributed by atoms with van der Waals surface area (Å²) in [5.41, 5.74) is 0. The van der Waals surface area contributed by atoms with Gasteiger partial charge >= 0.3 is 0 Å². The standard InChI is InChI=1S/C13H21N3O2/c1-2-4-10(3-1)5-6-12-15-13(16-18-12)11-9-17-8-7-14-11/h10-11,14H,1-9H2. The maximum Gasteiger partial charge on any atom is 0.226 e. The average molecular weight is 251 g/mol. The van der Waals surface area contributed by atoms with Gasteiger partial charge < -0.3 is 14.6 Å². The van der Waals surface area contributed by atoms with Crippen LogP contribution in [0.3, 0.4) is 0 Å². The largest absolute Gasteiger partial charge is 0.378 e. The van der Waals surface area contributed by atoms with E-state index in [0.29, 0.717) is 6.61 Å². The minimum atomic E-state index is 0.0998. The van der Waals surface area contributed by atoms with Gasteiger partial charge in [0.2, 0.25) is 5.89 Å². The van der Waals surface area contributed by atoms with E-state index in [1.165, 1.54) is 32.1 Å². The molecule has 1 unspecified atom stereocenters. The zero-order chi connectivity index (χ0) is 12.2. The van der Waals surface area contributed by atoms with Crippen LogP contribution in [0, 0.1) is 5.92 Å². The van der Waals surface area contributed by atoms with Crippen molar-refractivity contribution in [2.45, 2.75) is 44.6 Å². The van der Waals surface area contributed by atoms with Crippen LogP contribution in [-0.2, 0) is 11.2 Å². The lowest BCUT2D eigenvalue weighted by Gasteiger charge is -2.20. The fraction of sp³-hybridized carbons (Fsp3) is 0.846. The molecule has 1 atom stereocenters. The molecule has 5 heteroatoms. The van der Waals surface area contributed by atoms with Crippen LogP contribution in [0.25, 0.3) is 0 Å². The third kappa shape index (κ3) is 2.90. The molecular weight excluding hydrogens is 230 g/mol. The molecule has 0 amide bonds. The van der Waals surface area contributed by atoms with Gasteiger partial charge in [-0.2, -0.15) is 4.98 Å². The van der Waals surface area contributed by atoms with Gasteiger partial charge in [0.25, 0.3) is 0 Å². The van der Waals surface area contributed by atoms with E-state index in [0.717, 1.165) is 37.2 Å². The monoisotopic (exact) mass is 251 g/mol. The topological polar surface area (TPSA) is 60.2 Å². The molecule has 3 rings (SSSR count). The quantitative estimate of drug-likeness (QED) is 0.885. The molecule has 2 heterocycles. The minimum Gasteiger partial charge on any atom is -0.378 e. The van der Waals surface area contributed by atoms with Crippen LogP contribution in [0.1, 0.15) is 49.9 Å². The number of hydrogen-bond donors (Lipinski definition) is 1. The molecule has 1 aliphatic carbocycles. The molecule has 1 saturated heterocycles. The Morgan fingerprint density at radius 3 is 2.94 bits per heavy atom. The normalized spacial score (nSPS) is 25.7. The molecule has 18 heavy (non-hydrogen) atoms. The van der Waals surface area contributed by atoms with Crippen molar-refractivity contribution in [1.82, 2.24) is 15.5 Å². The van der Waals surface area contributed by atoms with Gasteiger partial charge in [-0.1, -0.05) is 30.8 Å². The first-order chi connectivity index (χ1) is 8.92. The lowest BCUT2D eigenvalue weighted by molar-refractivity contribution is 0.0734. The van der Waals surface area contributed by atoms with Crippen LogP contribution in [0.15, 0.2) is 4.52 Å². The summed E-state index contributed by atoms with van der Waals surface area (Å²) in [6, 6.07) is 0.0998. The van der Waals surface area contributed by atoms with Crippen molar-refractivity contribution >= 4 is 0 Å². The van der Waals surface area contributed by atoms with E-state index in [9.17, 15) is 0 Å². The smallest absolute Gasteiger partial charge is 0.226 e. The first-order valence-electron chi connectivity index (χ1n) is 7.05. The number of nitrogens with one attached hydrogen (secondary N) is 1. The van der Waals surface area contributed by atoms with Crippen LogP contribution >= 0.6 is 0 Å². The highest BCUT2D eigenvalue weighted by Crippen LogP contribution is 2.28. The summed E-state index contributed by atoms with van der Waals surface area (Å²) in [6.45, 7) is 2.26. The minimum absolute atomic E-state index is 0.0998. The SMILES string of the molecule is C1CCC(CCc2nc(C3COCCN3)no2)C1. The second kappa shape index (κ2) is 5.80. The maximum absolute atomic E-state index is 5.40. The molecule has 1 aliphatic heterocycles. The lowest BCUT2D eigenvalue weighted by Crippen LogP contribution is -2.35. The van der Waals surface area contributed by atoms with Crippen molar-refractivity contribution in [3.8, 4) is 0 Å². The zero-order valence-electron chi connectivity index (χ0n) is 10.7. The maximum atomic E-state index is 5.40. The first kappa shape index (κ1) is 12.1. The lowest BCUT2D eigenvalue weighted by atomic mass is 10.0. The predicted octanol–water partition coefficient (Wildman–Crippen LogP) is 1.85. The molecule has 5 nitrogen and oxygen atoms in total. The van der Waals surface area contributed by atoms with Crippen molar-refractivity contribution in [1.29, 1.82) is 0 Å². The molecule has 1 aromatic heterocycles. The third-order valence-corrected chi connectivity index (χ3v) is 3.96. The number of aryl methyl sites for hydroxylation is 1. The van der Waals surface area contributed by atoms with E-state index in [1.807, 2.05) is 0 Å². The Morgan fingerprint density at radius 1 is 1.28 bits per heavy atom. The van der Waals surface area contributed by atoms with Gasteiger partial charge in [0.15, 0.2) is 5.82 Å². The Kier molecular flexibility index (Phi) is 3.90. The van der Waals surface area contributed by atoms with E-state index < -0.39 is 0 Å². The summed E-state index contributed by atoms with van der Waals surface area (Å²) in [4.78, 5) is 4.47. The summed E-state index contributed by atoms with van der Waals surface area (Å²) < 4.78 is 10.7. The first-order valence-corrected chi connectivity index (χ1v) is 7.05. The summed E-state index contributed by atoms with van der Waals surface area (Å²) in [5, 5.41) is 7.39. The molecule has 2 aliphatic rings. The molecule has 1 N–H and O–H groups in total. The van der Waals surface area contributed by atoms with Crippen LogP contribution < -0.4 is 5.32 Å². The van der Waals surface area contributed by atoms with Gasteiger partial charge in [-0.3, -0.25) is 0 Å². The number of aromatic nitrogens is 2. The van der Waals surface area contributed by atoms with E-state index in [-0.39, 0.29) is 6.04 Å². The second-order valence-electron chi connectivity index (χ2n) is 5.32. The van der Waals surface area contributed by atoms with E-state index in [4.69, 9.17) is 9.26 Å². The van der Waals surface area contributed by atoms with Gasteiger partial charge in [0.05, 0.1) is 19.3 Å². The van der Waals surface area contributed by atoms with Gasteiger partial charge in [-0.15, -0.1) is 0 Å². The van der Waals surface area contributed by atoms with E-state index in [2.05, 4.69) is 15.5 Å². The highest BCUT2D eigenvalue weighted by atomic mass is 16.5. The van der Waals surface area contributed by atoms with Crippen molar-refractivity contribution in [3.63, 3.8) is 0 Å². The molecule has 1 aromatic rings. The van der Waals surface area contributed by atoms with Crippen molar-refractivity contribution in [3.05, 3.63) is 11.7 Å². The molecule has 0 aromatic carbocycles. The Hall–Kier alpha value is -0.940. The fourth-order valence-electron chi connectivity index (χ4n) is 2.87. The van der Waals surface area contributed by atoms with E-state index >= 15 is 0 Å². The van der Waals surface area contributed by atoms with E-state index in [1.54, 1.807) is 0 Å². The number of ether oxygens (including phenoxy) is 1. The fourth-order valence-corrected chi connectivity index (χ4v) is 2.87. The van der Waals surface area contributed by atoms with Crippen LogP contribution in [0.4, 0.5) is 0 Å². The summed E-state index contributed by atoms with van der Waals surface area (Å²) in [5.74, 6) is 2.40. The Morgan fingerprint density at radius 2 is 2.17 bits per heavy atom. The predicted molar refractivity (Wildman–Crippen MR) is 66.1 cm³/mol. The van der Waals surface area contributed by atoms with Gasteiger partial charge in [0, 0.05) is 13.0 Å². The highest BCUT2D eigenvalue weighted by Gasteiger charge is 2.21. The molecule has 100 valence electrons. The van der Waals surface area contributed by atoms with Gasteiger partial charge in [-0.25, -0.2) is 0 Å².